The van der Waals surface area contributed by atoms with Gasteiger partial charge in [0.1, 0.15) is 0 Å². The highest BCUT2D eigenvalue weighted by atomic mass is 16.5. The topological polar surface area (TPSA) is 80.4 Å². The maximum atomic E-state index is 9.30. The van der Waals surface area contributed by atoms with E-state index in [1.165, 1.54) is 0 Å². The lowest BCUT2D eigenvalue weighted by Crippen LogP contribution is -2.18. The van der Waals surface area contributed by atoms with Crippen LogP contribution in [0.4, 0.5) is 6.01 Å². The second-order valence-corrected chi connectivity index (χ2v) is 2.97. The molecular formula is C8H15N3O3. The molecule has 6 heteroatoms. The maximum absolute atomic E-state index is 9.30. The standard InChI is InChI=1S/C8H15N3O3/c1-6-10-8(14-11-6)9-4-3-7(12)5-13-2/h7,12H,3-5H2,1-2H3,(H,9,10,11). The largest absolute Gasteiger partial charge is 0.391 e. The van der Waals surface area contributed by atoms with Gasteiger partial charge in [0.05, 0.1) is 12.7 Å². The van der Waals surface area contributed by atoms with Crippen LogP contribution in [0, 0.1) is 6.92 Å². The van der Waals surface area contributed by atoms with Crippen molar-refractivity contribution < 1.29 is 14.4 Å². The molecular weight excluding hydrogens is 186 g/mol. The lowest BCUT2D eigenvalue weighted by Gasteiger charge is -2.08. The first-order valence-electron chi connectivity index (χ1n) is 4.43. The van der Waals surface area contributed by atoms with Crippen LogP contribution in [0.15, 0.2) is 4.52 Å². The number of anilines is 1. The number of aliphatic hydroxyl groups excluding tert-OH is 1. The molecule has 1 unspecified atom stereocenters. The Balaban J connectivity index is 2.15. The summed E-state index contributed by atoms with van der Waals surface area (Å²) in [6.45, 7) is 2.66. The van der Waals surface area contributed by atoms with Gasteiger partial charge < -0.3 is 19.7 Å². The molecule has 0 aliphatic carbocycles. The summed E-state index contributed by atoms with van der Waals surface area (Å²) in [5.74, 6) is 0.588. The van der Waals surface area contributed by atoms with Gasteiger partial charge in [-0.2, -0.15) is 4.98 Å². The molecule has 0 bridgehead atoms. The van der Waals surface area contributed by atoms with Gasteiger partial charge in [-0.1, -0.05) is 5.16 Å². The van der Waals surface area contributed by atoms with Gasteiger partial charge in [-0.15, -0.1) is 0 Å². The van der Waals surface area contributed by atoms with E-state index in [4.69, 9.17) is 9.26 Å². The first kappa shape index (κ1) is 10.9. The smallest absolute Gasteiger partial charge is 0.321 e. The Morgan fingerprint density at radius 2 is 2.43 bits per heavy atom. The highest BCUT2D eigenvalue weighted by Crippen LogP contribution is 2.02. The number of nitrogens with one attached hydrogen (secondary N) is 1. The molecule has 1 rings (SSSR count). The van der Waals surface area contributed by atoms with Crippen LogP contribution in [0.2, 0.25) is 0 Å². The van der Waals surface area contributed by atoms with Crippen molar-refractivity contribution in [1.82, 2.24) is 10.1 Å². The van der Waals surface area contributed by atoms with E-state index in [1.54, 1.807) is 14.0 Å². The molecule has 0 aromatic carbocycles. The summed E-state index contributed by atoms with van der Waals surface area (Å²) < 4.78 is 9.60. The number of aliphatic hydroxyl groups is 1. The van der Waals surface area contributed by atoms with Crippen LogP contribution in [0.25, 0.3) is 0 Å². The monoisotopic (exact) mass is 201 g/mol. The lowest BCUT2D eigenvalue weighted by atomic mass is 10.3. The average molecular weight is 201 g/mol. The third-order valence-corrected chi connectivity index (χ3v) is 1.64. The van der Waals surface area contributed by atoms with Gasteiger partial charge >= 0.3 is 6.01 Å². The van der Waals surface area contributed by atoms with Gasteiger partial charge in [0.15, 0.2) is 5.82 Å². The van der Waals surface area contributed by atoms with E-state index < -0.39 is 6.10 Å². The fraction of sp³-hybridized carbons (Fsp3) is 0.750. The molecule has 0 spiro atoms. The Kier molecular flexibility index (Phi) is 4.34. The minimum atomic E-state index is -0.462. The van der Waals surface area contributed by atoms with Gasteiger partial charge in [0, 0.05) is 13.7 Å². The Morgan fingerprint density at radius 1 is 1.64 bits per heavy atom. The van der Waals surface area contributed by atoms with Crippen molar-refractivity contribution in [3.05, 3.63) is 5.82 Å². The molecule has 1 heterocycles. The van der Waals surface area contributed by atoms with Crippen LogP contribution in [0.5, 0.6) is 0 Å². The molecule has 1 aromatic rings. The van der Waals surface area contributed by atoms with Crippen molar-refractivity contribution in [2.75, 3.05) is 25.6 Å². The summed E-state index contributed by atoms with van der Waals surface area (Å²) in [6.07, 6.45) is 0.117. The molecule has 0 fully saturated rings. The quantitative estimate of drug-likeness (QED) is 0.683. The Bertz CT molecular complexity index is 264. The summed E-state index contributed by atoms with van der Waals surface area (Å²) in [7, 11) is 1.55. The Labute approximate surface area is 82.3 Å². The number of rotatable bonds is 6. The van der Waals surface area contributed by atoms with E-state index in [0.29, 0.717) is 31.4 Å². The fourth-order valence-electron chi connectivity index (χ4n) is 0.990. The van der Waals surface area contributed by atoms with Crippen LogP contribution < -0.4 is 5.32 Å². The summed E-state index contributed by atoms with van der Waals surface area (Å²) >= 11 is 0. The van der Waals surface area contributed by atoms with Crippen molar-refractivity contribution >= 4 is 6.01 Å². The normalized spacial score (nSPS) is 12.8. The van der Waals surface area contributed by atoms with Crippen LogP contribution in [-0.4, -0.2) is 41.6 Å². The van der Waals surface area contributed by atoms with E-state index >= 15 is 0 Å². The molecule has 1 aromatic heterocycles. The fourth-order valence-corrected chi connectivity index (χ4v) is 0.990. The van der Waals surface area contributed by atoms with Crippen molar-refractivity contribution in [2.24, 2.45) is 0 Å². The molecule has 0 radical (unpaired) electrons. The zero-order valence-corrected chi connectivity index (χ0v) is 8.36. The first-order chi connectivity index (χ1) is 6.72. The number of methoxy groups -OCH3 is 1. The molecule has 14 heavy (non-hydrogen) atoms. The van der Waals surface area contributed by atoms with Gasteiger partial charge in [-0.05, 0) is 13.3 Å². The molecule has 1 atom stereocenters. The van der Waals surface area contributed by atoms with Crippen molar-refractivity contribution in [2.45, 2.75) is 19.4 Å². The van der Waals surface area contributed by atoms with Crippen molar-refractivity contribution in [3.8, 4) is 0 Å². The summed E-state index contributed by atoms with van der Waals surface area (Å²) in [5, 5.41) is 15.8. The van der Waals surface area contributed by atoms with Gasteiger partial charge in [-0.25, -0.2) is 0 Å². The third kappa shape index (κ3) is 3.71. The first-order valence-corrected chi connectivity index (χ1v) is 4.43. The highest BCUT2D eigenvalue weighted by Gasteiger charge is 2.04. The van der Waals surface area contributed by atoms with E-state index in [2.05, 4.69) is 15.5 Å². The molecule has 0 aliphatic heterocycles. The van der Waals surface area contributed by atoms with Crippen LogP contribution in [0.1, 0.15) is 12.2 Å². The highest BCUT2D eigenvalue weighted by molar-refractivity contribution is 5.17. The average Bonchev–Trinajstić information content (AvgIpc) is 2.52. The predicted molar refractivity (Wildman–Crippen MR) is 50.0 cm³/mol. The lowest BCUT2D eigenvalue weighted by molar-refractivity contribution is 0.0614. The molecule has 6 nitrogen and oxygen atoms in total. The van der Waals surface area contributed by atoms with E-state index in [0.717, 1.165) is 0 Å². The number of aromatic nitrogens is 2. The van der Waals surface area contributed by atoms with Gasteiger partial charge in [0.2, 0.25) is 0 Å². The molecule has 0 saturated carbocycles. The SMILES string of the molecule is COCC(O)CCNc1nc(C)no1. The van der Waals surface area contributed by atoms with E-state index in [1.807, 2.05) is 0 Å². The number of aryl methyl sites for hydroxylation is 1. The molecule has 0 saturated heterocycles. The number of nitrogens with zero attached hydrogens (tertiary/aromatic N) is 2. The zero-order valence-electron chi connectivity index (χ0n) is 8.36. The number of ether oxygens (including phenoxy) is 1. The maximum Gasteiger partial charge on any atom is 0.321 e. The Morgan fingerprint density at radius 3 is 3.00 bits per heavy atom. The minimum Gasteiger partial charge on any atom is -0.391 e. The van der Waals surface area contributed by atoms with Crippen LogP contribution in [0.3, 0.4) is 0 Å². The number of hydrogen-bond donors (Lipinski definition) is 2. The summed E-state index contributed by atoms with van der Waals surface area (Å²) in [6, 6.07) is 0.382. The Hall–Kier alpha value is -1.14. The summed E-state index contributed by atoms with van der Waals surface area (Å²) in [5.41, 5.74) is 0. The third-order valence-electron chi connectivity index (χ3n) is 1.64. The van der Waals surface area contributed by atoms with Gasteiger partial charge in [-0.3, -0.25) is 0 Å². The summed E-state index contributed by atoms with van der Waals surface area (Å²) in [4.78, 5) is 3.95. The van der Waals surface area contributed by atoms with E-state index in [-0.39, 0.29) is 0 Å². The second-order valence-electron chi connectivity index (χ2n) is 2.97. The van der Waals surface area contributed by atoms with Gasteiger partial charge in [0.25, 0.3) is 0 Å². The predicted octanol–water partition coefficient (Wildman–Crippen LogP) is 0.187. The molecule has 0 amide bonds. The van der Waals surface area contributed by atoms with Crippen LogP contribution >= 0.6 is 0 Å². The van der Waals surface area contributed by atoms with E-state index in [9.17, 15) is 5.11 Å². The number of hydrogen-bond acceptors (Lipinski definition) is 6. The van der Waals surface area contributed by atoms with Crippen molar-refractivity contribution in [1.29, 1.82) is 0 Å². The molecule has 0 aliphatic rings. The molecule has 80 valence electrons. The minimum absolute atomic E-state index is 0.338. The van der Waals surface area contributed by atoms with Crippen LogP contribution in [-0.2, 0) is 4.74 Å². The van der Waals surface area contributed by atoms with Crippen molar-refractivity contribution in [3.63, 3.8) is 0 Å². The second kappa shape index (κ2) is 5.56. The zero-order chi connectivity index (χ0) is 10.4. The molecule has 2 N–H and O–H groups in total.